The summed E-state index contributed by atoms with van der Waals surface area (Å²) < 4.78 is 10.1. The van der Waals surface area contributed by atoms with Crippen molar-refractivity contribution in [1.29, 1.82) is 0 Å². The van der Waals surface area contributed by atoms with E-state index in [4.69, 9.17) is 20.3 Å². The molecule has 0 aliphatic heterocycles. The quantitative estimate of drug-likeness (QED) is 0.628. The van der Waals surface area contributed by atoms with Gasteiger partial charge in [0.15, 0.2) is 6.61 Å². The molecule has 1 amide bonds. The van der Waals surface area contributed by atoms with Crippen LogP contribution in [0, 0.1) is 0 Å². The molecule has 20 heavy (non-hydrogen) atoms. The second-order valence-corrected chi connectivity index (χ2v) is 4.27. The number of aromatic carboxylic acids is 1. The molecular formula is C13H18N2O5. The third kappa shape index (κ3) is 4.77. The summed E-state index contributed by atoms with van der Waals surface area (Å²) in [5, 5.41) is 11.5. The fraction of sp³-hybridized carbons (Fsp3) is 0.385. The normalized spacial score (nSPS) is 11.7. The summed E-state index contributed by atoms with van der Waals surface area (Å²) in [5.74, 6) is -1.12. The topological polar surface area (TPSA) is 111 Å². The van der Waals surface area contributed by atoms with Gasteiger partial charge in [-0.2, -0.15) is 0 Å². The first-order chi connectivity index (χ1) is 9.43. The second-order valence-electron chi connectivity index (χ2n) is 4.27. The van der Waals surface area contributed by atoms with Gasteiger partial charge in [0, 0.05) is 13.2 Å². The van der Waals surface area contributed by atoms with Crippen molar-refractivity contribution in [3.8, 4) is 5.75 Å². The third-order valence-electron chi connectivity index (χ3n) is 2.44. The van der Waals surface area contributed by atoms with Crippen molar-refractivity contribution >= 4 is 17.6 Å². The number of benzene rings is 1. The van der Waals surface area contributed by atoms with Gasteiger partial charge < -0.3 is 25.6 Å². The Bertz CT molecular complexity index is 490. The van der Waals surface area contributed by atoms with E-state index in [1.807, 2.05) is 0 Å². The number of ether oxygens (including phenoxy) is 2. The molecule has 1 unspecified atom stereocenters. The van der Waals surface area contributed by atoms with E-state index in [1.54, 1.807) is 14.0 Å². The highest BCUT2D eigenvalue weighted by Crippen LogP contribution is 2.22. The zero-order chi connectivity index (χ0) is 15.1. The van der Waals surface area contributed by atoms with Crippen molar-refractivity contribution in [3.63, 3.8) is 0 Å². The van der Waals surface area contributed by atoms with Gasteiger partial charge in [0.05, 0.1) is 17.9 Å². The van der Waals surface area contributed by atoms with Crippen LogP contribution in [0.15, 0.2) is 18.2 Å². The van der Waals surface area contributed by atoms with Crippen LogP contribution in [-0.2, 0) is 9.53 Å². The molecule has 0 heterocycles. The average molecular weight is 282 g/mol. The van der Waals surface area contributed by atoms with Crippen LogP contribution < -0.4 is 15.8 Å². The summed E-state index contributed by atoms with van der Waals surface area (Å²) >= 11 is 0. The maximum absolute atomic E-state index is 11.6. The molecule has 0 bridgehead atoms. The second kappa shape index (κ2) is 7.34. The number of carbonyl (C=O) groups excluding carboxylic acids is 1. The minimum absolute atomic E-state index is 0.0630. The van der Waals surface area contributed by atoms with Gasteiger partial charge in [0.2, 0.25) is 0 Å². The van der Waals surface area contributed by atoms with E-state index in [2.05, 4.69) is 5.32 Å². The highest BCUT2D eigenvalue weighted by molar-refractivity contribution is 5.89. The summed E-state index contributed by atoms with van der Waals surface area (Å²) in [6, 6.07) is 3.94. The standard InChI is InChI=1S/C13H18N2O5/c1-8(6-19-2)15-12(16)7-20-11-4-3-9(13(17)18)5-10(11)14/h3-5,8H,6-7,14H2,1-2H3,(H,15,16)(H,17,18). The monoisotopic (exact) mass is 282 g/mol. The summed E-state index contributed by atoms with van der Waals surface area (Å²) in [5.41, 5.74) is 5.89. The number of amides is 1. The number of carboxylic acids is 1. The van der Waals surface area contributed by atoms with E-state index in [1.165, 1.54) is 18.2 Å². The van der Waals surface area contributed by atoms with Crippen molar-refractivity contribution in [1.82, 2.24) is 5.32 Å². The van der Waals surface area contributed by atoms with Crippen molar-refractivity contribution < 1.29 is 24.2 Å². The van der Waals surface area contributed by atoms with Gasteiger partial charge in [-0.15, -0.1) is 0 Å². The lowest BCUT2D eigenvalue weighted by atomic mass is 10.2. The SMILES string of the molecule is COCC(C)NC(=O)COc1ccc(C(=O)O)cc1N. The van der Waals surface area contributed by atoms with Gasteiger partial charge in [-0.05, 0) is 25.1 Å². The van der Waals surface area contributed by atoms with Crippen molar-refractivity contribution in [2.24, 2.45) is 0 Å². The van der Waals surface area contributed by atoms with Crippen molar-refractivity contribution in [2.45, 2.75) is 13.0 Å². The number of carbonyl (C=O) groups is 2. The molecule has 0 spiro atoms. The van der Waals surface area contributed by atoms with Crippen LogP contribution in [0.2, 0.25) is 0 Å². The van der Waals surface area contributed by atoms with E-state index in [0.717, 1.165) is 0 Å². The number of hydrogen-bond acceptors (Lipinski definition) is 5. The molecule has 1 atom stereocenters. The number of anilines is 1. The predicted molar refractivity (Wildman–Crippen MR) is 72.8 cm³/mol. The Balaban J connectivity index is 2.53. The van der Waals surface area contributed by atoms with E-state index in [-0.39, 0.29) is 35.6 Å². The van der Waals surface area contributed by atoms with E-state index in [0.29, 0.717) is 6.61 Å². The molecule has 0 aliphatic rings. The zero-order valence-electron chi connectivity index (χ0n) is 11.4. The lowest BCUT2D eigenvalue weighted by Gasteiger charge is -2.14. The van der Waals surface area contributed by atoms with Crippen LogP contribution in [0.25, 0.3) is 0 Å². The van der Waals surface area contributed by atoms with Crippen molar-refractivity contribution in [3.05, 3.63) is 23.8 Å². The largest absolute Gasteiger partial charge is 0.482 e. The number of hydrogen-bond donors (Lipinski definition) is 3. The lowest BCUT2D eigenvalue weighted by Crippen LogP contribution is -2.38. The van der Waals surface area contributed by atoms with Crippen LogP contribution in [0.1, 0.15) is 17.3 Å². The highest BCUT2D eigenvalue weighted by Gasteiger charge is 2.10. The van der Waals surface area contributed by atoms with Gasteiger partial charge in [-0.25, -0.2) is 4.79 Å². The molecule has 4 N–H and O–H groups in total. The molecule has 0 aromatic heterocycles. The molecule has 0 saturated carbocycles. The van der Waals surface area contributed by atoms with E-state index >= 15 is 0 Å². The van der Waals surface area contributed by atoms with Crippen LogP contribution in [0.5, 0.6) is 5.75 Å². The van der Waals surface area contributed by atoms with Gasteiger partial charge >= 0.3 is 5.97 Å². The number of nitrogen functional groups attached to an aromatic ring is 1. The molecule has 0 saturated heterocycles. The Labute approximate surface area is 116 Å². The summed E-state index contributed by atoms with van der Waals surface area (Å²) in [6.07, 6.45) is 0. The lowest BCUT2D eigenvalue weighted by molar-refractivity contribution is -0.124. The Morgan fingerprint density at radius 1 is 1.45 bits per heavy atom. The molecule has 1 aromatic rings. The summed E-state index contributed by atoms with van der Waals surface area (Å²) in [6.45, 7) is 2.00. The van der Waals surface area contributed by atoms with Crippen LogP contribution in [-0.4, -0.2) is 43.3 Å². The first kappa shape index (κ1) is 15.8. The van der Waals surface area contributed by atoms with Gasteiger partial charge in [-0.1, -0.05) is 0 Å². The smallest absolute Gasteiger partial charge is 0.335 e. The number of nitrogens with one attached hydrogen (secondary N) is 1. The average Bonchev–Trinajstić information content (AvgIpc) is 2.37. The number of rotatable bonds is 7. The van der Waals surface area contributed by atoms with E-state index < -0.39 is 5.97 Å². The Kier molecular flexibility index (Phi) is 5.79. The van der Waals surface area contributed by atoms with Crippen molar-refractivity contribution in [2.75, 3.05) is 26.1 Å². The Morgan fingerprint density at radius 2 is 2.15 bits per heavy atom. The maximum atomic E-state index is 11.6. The number of nitrogens with two attached hydrogens (primary N) is 1. The van der Waals surface area contributed by atoms with Gasteiger partial charge in [-0.3, -0.25) is 4.79 Å². The minimum atomic E-state index is -1.07. The third-order valence-corrected chi connectivity index (χ3v) is 2.44. The molecule has 0 fully saturated rings. The molecule has 0 radical (unpaired) electrons. The minimum Gasteiger partial charge on any atom is -0.482 e. The zero-order valence-corrected chi connectivity index (χ0v) is 11.4. The van der Waals surface area contributed by atoms with Gasteiger partial charge in [0.25, 0.3) is 5.91 Å². The molecular weight excluding hydrogens is 264 g/mol. The summed E-state index contributed by atoms with van der Waals surface area (Å²) in [4.78, 5) is 22.3. The van der Waals surface area contributed by atoms with E-state index in [9.17, 15) is 9.59 Å². The van der Waals surface area contributed by atoms with Crippen LogP contribution in [0.4, 0.5) is 5.69 Å². The van der Waals surface area contributed by atoms with Gasteiger partial charge in [0.1, 0.15) is 5.75 Å². The van der Waals surface area contributed by atoms with Crippen LogP contribution >= 0.6 is 0 Å². The number of carboxylic acid groups (broad SMARTS) is 1. The molecule has 0 aliphatic carbocycles. The fourth-order valence-corrected chi connectivity index (χ4v) is 1.56. The molecule has 7 heteroatoms. The molecule has 7 nitrogen and oxygen atoms in total. The highest BCUT2D eigenvalue weighted by atomic mass is 16.5. The Morgan fingerprint density at radius 3 is 2.70 bits per heavy atom. The van der Waals surface area contributed by atoms with Crippen LogP contribution in [0.3, 0.4) is 0 Å². The molecule has 1 rings (SSSR count). The summed E-state index contributed by atoms with van der Waals surface area (Å²) in [7, 11) is 1.55. The molecule has 1 aromatic carbocycles. The first-order valence-electron chi connectivity index (χ1n) is 5.98. The fourth-order valence-electron chi connectivity index (χ4n) is 1.56. The number of methoxy groups -OCH3 is 1. The predicted octanol–water partition coefficient (Wildman–Crippen LogP) is 0.497. The molecule has 110 valence electrons. The first-order valence-corrected chi connectivity index (χ1v) is 5.98. The Hall–Kier alpha value is -2.28. The maximum Gasteiger partial charge on any atom is 0.335 e.